The molecule has 0 aliphatic carbocycles. The van der Waals surface area contributed by atoms with Crippen LogP contribution < -0.4 is 10.6 Å². The van der Waals surface area contributed by atoms with E-state index in [9.17, 15) is 9.18 Å². The number of ether oxygens (including phenoxy) is 2. The van der Waals surface area contributed by atoms with Gasteiger partial charge in [-0.05, 0) is 30.7 Å². The molecule has 1 saturated heterocycles. The van der Waals surface area contributed by atoms with Crippen molar-refractivity contribution in [1.82, 2.24) is 15.5 Å². The van der Waals surface area contributed by atoms with Crippen molar-refractivity contribution < 1.29 is 23.1 Å². The van der Waals surface area contributed by atoms with Crippen LogP contribution in [-0.4, -0.2) is 63.8 Å². The fourth-order valence-corrected chi connectivity index (χ4v) is 3.56. The largest absolute Gasteiger partial charge is 0.465 e. The molecule has 1 fully saturated rings. The third-order valence-corrected chi connectivity index (χ3v) is 5.23. The molecular formula is C22H30FIN4O4. The third kappa shape index (κ3) is 6.91. The van der Waals surface area contributed by atoms with Crippen LogP contribution in [0.4, 0.5) is 4.39 Å². The van der Waals surface area contributed by atoms with E-state index >= 15 is 0 Å². The molecule has 1 aromatic heterocycles. The fraction of sp³-hybridized carbons (Fsp3) is 0.455. The van der Waals surface area contributed by atoms with Crippen LogP contribution in [0.1, 0.15) is 33.5 Å². The smallest absolute Gasteiger partial charge is 0.341 e. The Bertz CT molecular complexity index is 898. The predicted octanol–water partition coefficient (Wildman–Crippen LogP) is 2.87. The summed E-state index contributed by atoms with van der Waals surface area (Å²) in [5.74, 6) is 1.02. The Hall–Kier alpha value is -2.18. The van der Waals surface area contributed by atoms with Crippen molar-refractivity contribution in [2.24, 2.45) is 4.99 Å². The predicted molar refractivity (Wildman–Crippen MR) is 130 cm³/mol. The van der Waals surface area contributed by atoms with Gasteiger partial charge in [-0.25, -0.2) is 9.18 Å². The Balaban J connectivity index is 0.00000363. The van der Waals surface area contributed by atoms with Gasteiger partial charge >= 0.3 is 5.97 Å². The van der Waals surface area contributed by atoms with Crippen molar-refractivity contribution >= 4 is 35.9 Å². The molecule has 2 N–H and O–H groups in total. The van der Waals surface area contributed by atoms with Gasteiger partial charge in [0.15, 0.2) is 5.96 Å². The first-order chi connectivity index (χ1) is 15.0. The van der Waals surface area contributed by atoms with Crippen LogP contribution >= 0.6 is 24.0 Å². The molecule has 10 heteroatoms. The van der Waals surface area contributed by atoms with Crippen molar-refractivity contribution in [3.05, 3.63) is 58.8 Å². The number of nitrogens with one attached hydrogen (secondary N) is 2. The van der Waals surface area contributed by atoms with Crippen LogP contribution in [0, 0.1) is 12.7 Å². The van der Waals surface area contributed by atoms with Gasteiger partial charge in [-0.3, -0.25) is 9.89 Å². The van der Waals surface area contributed by atoms with E-state index in [4.69, 9.17) is 13.9 Å². The van der Waals surface area contributed by atoms with Crippen molar-refractivity contribution in [3.63, 3.8) is 0 Å². The zero-order valence-corrected chi connectivity index (χ0v) is 20.9. The lowest BCUT2D eigenvalue weighted by Gasteiger charge is -2.35. The van der Waals surface area contributed by atoms with Crippen LogP contribution in [-0.2, 0) is 16.0 Å². The first-order valence-electron chi connectivity index (χ1n) is 10.2. The zero-order valence-electron chi connectivity index (χ0n) is 18.5. The first kappa shape index (κ1) is 26.1. The molecular weight excluding hydrogens is 530 g/mol. The maximum Gasteiger partial charge on any atom is 0.341 e. The summed E-state index contributed by atoms with van der Waals surface area (Å²) in [6.07, 6.45) is 0. The molecule has 0 radical (unpaired) electrons. The van der Waals surface area contributed by atoms with Gasteiger partial charge in [-0.1, -0.05) is 12.1 Å². The summed E-state index contributed by atoms with van der Waals surface area (Å²) in [6, 6.07) is 8.29. The number of esters is 1. The van der Waals surface area contributed by atoms with Gasteiger partial charge in [0.1, 0.15) is 22.9 Å². The average molecular weight is 560 g/mol. The van der Waals surface area contributed by atoms with Gasteiger partial charge in [-0.15, -0.1) is 24.0 Å². The Morgan fingerprint density at radius 3 is 2.56 bits per heavy atom. The fourth-order valence-electron chi connectivity index (χ4n) is 3.56. The maximum absolute atomic E-state index is 13.4. The van der Waals surface area contributed by atoms with Gasteiger partial charge in [0, 0.05) is 26.7 Å². The lowest BCUT2D eigenvalue weighted by atomic mass is 10.0. The van der Waals surface area contributed by atoms with E-state index in [0.29, 0.717) is 49.3 Å². The maximum atomic E-state index is 13.4. The highest BCUT2D eigenvalue weighted by molar-refractivity contribution is 14.0. The van der Waals surface area contributed by atoms with E-state index in [1.807, 2.05) is 12.1 Å². The number of aryl methyl sites for hydroxylation is 1. The van der Waals surface area contributed by atoms with E-state index in [1.165, 1.54) is 19.2 Å². The highest BCUT2D eigenvalue weighted by Crippen LogP contribution is 2.22. The quantitative estimate of drug-likeness (QED) is 0.233. The summed E-state index contributed by atoms with van der Waals surface area (Å²) in [4.78, 5) is 18.3. The van der Waals surface area contributed by atoms with E-state index in [-0.39, 0.29) is 35.8 Å². The Kier molecular flexibility index (Phi) is 10.4. The molecule has 1 aliphatic rings. The number of carbonyl (C=O) groups is 1. The lowest BCUT2D eigenvalue weighted by Crippen LogP contribution is -2.46. The minimum absolute atomic E-state index is 0. The number of aliphatic imine (C=N–C) groups is 1. The Labute approximate surface area is 204 Å². The molecule has 0 saturated carbocycles. The minimum Gasteiger partial charge on any atom is -0.465 e. The topological polar surface area (TPSA) is 88.3 Å². The molecule has 0 spiro atoms. The van der Waals surface area contributed by atoms with Crippen molar-refractivity contribution in [2.45, 2.75) is 19.5 Å². The summed E-state index contributed by atoms with van der Waals surface area (Å²) < 4.78 is 29.3. The molecule has 1 unspecified atom stereocenters. The number of guanidine groups is 1. The van der Waals surface area contributed by atoms with Crippen LogP contribution in [0.3, 0.4) is 0 Å². The molecule has 1 aromatic carbocycles. The van der Waals surface area contributed by atoms with Crippen LogP contribution in [0.2, 0.25) is 0 Å². The molecule has 1 aliphatic heterocycles. The summed E-state index contributed by atoms with van der Waals surface area (Å²) in [5, 5.41) is 6.53. The third-order valence-electron chi connectivity index (χ3n) is 5.23. The standard InChI is InChI=1S/C22H29FN4O4.HI/c1-15-19(21(28)29-3)12-18(31-15)13-25-22(24-2)26-14-20(27-8-10-30-11-9-27)16-4-6-17(23)7-5-16;/h4-7,12,20H,8-11,13-14H2,1-3H3,(H2,24,25,26);1H. The van der Waals surface area contributed by atoms with Crippen molar-refractivity contribution in [2.75, 3.05) is 47.0 Å². The molecule has 8 nitrogen and oxygen atoms in total. The average Bonchev–Trinajstić information content (AvgIpc) is 3.17. The Morgan fingerprint density at radius 1 is 1.25 bits per heavy atom. The van der Waals surface area contributed by atoms with E-state index in [1.54, 1.807) is 20.0 Å². The van der Waals surface area contributed by atoms with Crippen molar-refractivity contribution in [3.8, 4) is 0 Å². The number of nitrogens with zero attached hydrogens (tertiary/aromatic N) is 2. The van der Waals surface area contributed by atoms with Crippen LogP contribution in [0.25, 0.3) is 0 Å². The van der Waals surface area contributed by atoms with Crippen LogP contribution in [0.15, 0.2) is 39.7 Å². The second-order valence-electron chi connectivity index (χ2n) is 7.20. The van der Waals surface area contributed by atoms with Gasteiger partial charge in [-0.2, -0.15) is 0 Å². The lowest BCUT2D eigenvalue weighted by molar-refractivity contribution is 0.0170. The summed E-state index contributed by atoms with van der Waals surface area (Å²) in [5.41, 5.74) is 1.43. The van der Waals surface area contributed by atoms with Gasteiger partial charge in [0.2, 0.25) is 0 Å². The molecule has 2 aromatic rings. The number of carbonyl (C=O) groups excluding carboxylic acids is 1. The number of benzene rings is 1. The van der Waals surface area contributed by atoms with E-state index in [2.05, 4.69) is 20.5 Å². The molecule has 1 atom stereocenters. The molecule has 3 rings (SSSR count). The van der Waals surface area contributed by atoms with E-state index in [0.717, 1.165) is 18.7 Å². The minimum atomic E-state index is -0.428. The van der Waals surface area contributed by atoms with Gasteiger partial charge in [0.25, 0.3) is 0 Å². The first-order valence-corrected chi connectivity index (χ1v) is 10.2. The molecule has 2 heterocycles. The molecule has 32 heavy (non-hydrogen) atoms. The van der Waals surface area contributed by atoms with Crippen molar-refractivity contribution in [1.29, 1.82) is 0 Å². The van der Waals surface area contributed by atoms with Crippen LogP contribution in [0.5, 0.6) is 0 Å². The number of furan rings is 1. The number of methoxy groups -OCH3 is 1. The second kappa shape index (κ2) is 12.8. The summed E-state index contributed by atoms with van der Waals surface area (Å²) >= 11 is 0. The molecule has 0 amide bonds. The summed E-state index contributed by atoms with van der Waals surface area (Å²) in [6.45, 7) is 5.61. The SMILES string of the molecule is CN=C(NCc1cc(C(=O)OC)c(C)o1)NCC(c1ccc(F)cc1)N1CCOCC1.I. The number of hydrogen-bond acceptors (Lipinski definition) is 6. The Morgan fingerprint density at radius 2 is 1.94 bits per heavy atom. The number of halogens is 2. The number of morpholine rings is 1. The monoisotopic (exact) mass is 560 g/mol. The normalized spacial score (nSPS) is 15.6. The van der Waals surface area contributed by atoms with Gasteiger partial charge in [0.05, 0.1) is 32.9 Å². The number of hydrogen-bond donors (Lipinski definition) is 2. The summed E-state index contributed by atoms with van der Waals surface area (Å²) in [7, 11) is 3.02. The highest BCUT2D eigenvalue weighted by atomic mass is 127. The molecule has 176 valence electrons. The zero-order chi connectivity index (χ0) is 22.2. The highest BCUT2D eigenvalue weighted by Gasteiger charge is 2.23. The number of rotatable bonds is 7. The molecule has 0 bridgehead atoms. The van der Waals surface area contributed by atoms with E-state index < -0.39 is 5.97 Å². The van der Waals surface area contributed by atoms with Gasteiger partial charge < -0.3 is 24.5 Å². The second-order valence-corrected chi connectivity index (χ2v) is 7.20.